The van der Waals surface area contributed by atoms with Crippen LogP contribution in [0.4, 0.5) is 34.1 Å². The van der Waals surface area contributed by atoms with Gasteiger partial charge in [0.25, 0.3) is 0 Å². The van der Waals surface area contributed by atoms with Crippen molar-refractivity contribution in [1.82, 2.24) is 28.7 Å². The van der Waals surface area contributed by atoms with Crippen molar-refractivity contribution in [2.75, 3.05) is 9.80 Å². The number of hydrogen-bond acceptors (Lipinski definition) is 6. The smallest absolute Gasteiger partial charge is 0.137 e. The predicted octanol–water partition coefficient (Wildman–Crippen LogP) is 17.1. The first-order valence-electron chi connectivity index (χ1n) is 25.3. The summed E-state index contributed by atoms with van der Waals surface area (Å²) in [4.78, 5) is 25.8. The molecule has 0 N–H and O–H groups in total. The molecule has 0 saturated carbocycles. The third kappa shape index (κ3) is 8.74. The Bertz CT molecular complexity index is 3610. The van der Waals surface area contributed by atoms with Gasteiger partial charge in [0.05, 0.1) is 33.8 Å². The zero-order valence-electron chi connectivity index (χ0n) is 42.5. The van der Waals surface area contributed by atoms with Crippen LogP contribution in [0.1, 0.15) is 52.7 Å². The fraction of sp³-hybridized carbons (Fsp3) is 0.121. The summed E-state index contributed by atoms with van der Waals surface area (Å²) in [5, 5.41) is 0. The third-order valence-corrected chi connectivity index (χ3v) is 13.8. The molecule has 7 aromatic carbocycles. The van der Waals surface area contributed by atoms with Gasteiger partial charge in [0.1, 0.15) is 11.3 Å². The first-order valence-corrected chi connectivity index (χ1v) is 25.3. The van der Waals surface area contributed by atoms with Gasteiger partial charge in [0.2, 0.25) is 0 Å². The summed E-state index contributed by atoms with van der Waals surface area (Å²) < 4.78 is 4.11. The summed E-state index contributed by atoms with van der Waals surface area (Å²) in [5.41, 5.74) is 19.6. The molecular weight excluding hydrogens is 905 g/mol. The number of para-hydroxylation sites is 2. The average Bonchev–Trinajstić information content (AvgIpc) is 4.07. The minimum absolute atomic E-state index is 0.170. The first-order chi connectivity index (χ1) is 35.9. The van der Waals surface area contributed by atoms with Crippen LogP contribution in [-0.2, 0) is 10.8 Å². The standard InChI is InChI=1S/C66H56N8/c1-65(2,3)55-39-40-56(66(4,5)6)64-63(55)69-61(47-27-35-53(36-28-47)73(49-17-9-7-10-18-49)51-31-23-45(24-32-51)57-43-71-41-15-13-21-59(71)67-57)62(70-64)48-29-37-54(38-30-48)74(50-19-11-8-12-20-50)52-33-25-46(26-34-52)58-44-72-42-16-14-22-60(72)68-58/h7-44H,1-6H3. The average molecular weight is 961 g/mol. The van der Waals surface area contributed by atoms with Crippen molar-refractivity contribution < 1.29 is 0 Å². The van der Waals surface area contributed by atoms with Crippen LogP contribution >= 0.6 is 0 Å². The van der Waals surface area contributed by atoms with Gasteiger partial charge in [-0.05, 0) is 119 Å². The highest BCUT2D eigenvalue weighted by atomic mass is 15.1. The van der Waals surface area contributed by atoms with Crippen molar-refractivity contribution in [3.05, 3.63) is 242 Å². The lowest BCUT2D eigenvalue weighted by atomic mass is 9.80. The van der Waals surface area contributed by atoms with Crippen molar-refractivity contribution >= 4 is 56.5 Å². The molecule has 360 valence electrons. The second-order valence-corrected chi connectivity index (χ2v) is 21.0. The number of imidazole rings is 2. The highest BCUT2D eigenvalue weighted by Crippen LogP contribution is 2.43. The quantitative estimate of drug-likeness (QED) is 0.136. The normalized spacial score (nSPS) is 11.9. The van der Waals surface area contributed by atoms with Crippen LogP contribution in [0.15, 0.2) is 231 Å². The van der Waals surface area contributed by atoms with Crippen molar-refractivity contribution in [2.45, 2.75) is 52.4 Å². The van der Waals surface area contributed by atoms with Crippen LogP contribution in [0.25, 0.3) is 67.4 Å². The summed E-state index contributed by atoms with van der Waals surface area (Å²) in [7, 11) is 0. The van der Waals surface area contributed by atoms with E-state index < -0.39 is 0 Å². The van der Waals surface area contributed by atoms with Gasteiger partial charge < -0.3 is 18.6 Å². The van der Waals surface area contributed by atoms with Crippen LogP contribution in [0.5, 0.6) is 0 Å². The van der Waals surface area contributed by atoms with Gasteiger partial charge in [0.15, 0.2) is 0 Å². The number of nitrogens with zero attached hydrogens (tertiary/aromatic N) is 8. The molecule has 8 nitrogen and oxygen atoms in total. The molecule has 5 heterocycles. The second-order valence-electron chi connectivity index (χ2n) is 21.0. The highest BCUT2D eigenvalue weighted by Gasteiger charge is 2.27. The summed E-state index contributed by atoms with van der Waals surface area (Å²) in [6, 6.07) is 72.6. The lowest BCUT2D eigenvalue weighted by molar-refractivity contribution is 0.583. The third-order valence-electron chi connectivity index (χ3n) is 13.8. The van der Waals surface area contributed by atoms with Crippen LogP contribution in [-0.4, -0.2) is 28.7 Å². The Morgan fingerprint density at radius 3 is 0.946 bits per heavy atom. The first kappa shape index (κ1) is 46.0. The van der Waals surface area contributed by atoms with Gasteiger partial charge in [-0.3, -0.25) is 0 Å². The molecule has 0 amide bonds. The Morgan fingerprint density at radius 1 is 0.311 bits per heavy atom. The van der Waals surface area contributed by atoms with Crippen LogP contribution in [0, 0.1) is 0 Å². The largest absolute Gasteiger partial charge is 0.311 e. The molecular formula is C66H56N8. The summed E-state index contributed by atoms with van der Waals surface area (Å²) in [6.07, 6.45) is 8.22. The highest BCUT2D eigenvalue weighted by molar-refractivity contribution is 5.92. The van der Waals surface area contributed by atoms with E-state index in [9.17, 15) is 0 Å². The summed E-state index contributed by atoms with van der Waals surface area (Å²) in [5.74, 6) is 0. The molecule has 0 unspecified atom stereocenters. The van der Waals surface area contributed by atoms with Crippen molar-refractivity contribution in [2.24, 2.45) is 0 Å². The van der Waals surface area contributed by atoms with Gasteiger partial charge in [-0.25, -0.2) is 19.9 Å². The van der Waals surface area contributed by atoms with Gasteiger partial charge in [-0.2, -0.15) is 0 Å². The molecule has 0 atom stereocenters. The van der Waals surface area contributed by atoms with E-state index in [0.29, 0.717) is 0 Å². The van der Waals surface area contributed by atoms with Gasteiger partial charge in [0, 0.05) is 81.2 Å². The van der Waals surface area contributed by atoms with Crippen molar-refractivity contribution in [1.29, 1.82) is 0 Å². The minimum atomic E-state index is -0.170. The Kier molecular flexibility index (Phi) is 11.5. The molecule has 0 aliphatic heterocycles. The number of hydrogen-bond donors (Lipinski definition) is 0. The number of fused-ring (bicyclic) bond motifs is 3. The van der Waals surface area contributed by atoms with Gasteiger partial charge in [-0.15, -0.1) is 0 Å². The molecule has 5 aromatic heterocycles. The van der Waals surface area contributed by atoms with Crippen LogP contribution in [0.3, 0.4) is 0 Å². The lowest BCUT2D eigenvalue weighted by Gasteiger charge is -2.27. The zero-order valence-corrected chi connectivity index (χ0v) is 42.5. The van der Waals surface area contributed by atoms with E-state index in [2.05, 4.69) is 242 Å². The fourth-order valence-electron chi connectivity index (χ4n) is 10.0. The molecule has 12 rings (SSSR count). The number of rotatable bonds is 10. The molecule has 0 aliphatic rings. The monoisotopic (exact) mass is 960 g/mol. The van der Waals surface area contributed by atoms with Crippen LogP contribution < -0.4 is 9.80 Å². The molecule has 8 heteroatoms. The van der Waals surface area contributed by atoms with E-state index >= 15 is 0 Å². The maximum atomic E-state index is 5.71. The van der Waals surface area contributed by atoms with E-state index in [1.807, 2.05) is 48.8 Å². The Labute approximate surface area is 432 Å². The molecule has 0 bridgehead atoms. The number of anilines is 6. The minimum Gasteiger partial charge on any atom is -0.311 e. The molecule has 0 spiro atoms. The Hall–Kier alpha value is -9.14. The number of pyridine rings is 2. The molecule has 0 radical (unpaired) electrons. The number of aromatic nitrogens is 6. The lowest BCUT2D eigenvalue weighted by Crippen LogP contribution is -2.18. The molecule has 0 saturated heterocycles. The molecule has 0 fully saturated rings. The molecule has 74 heavy (non-hydrogen) atoms. The zero-order chi connectivity index (χ0) is 50.6. The van der Waals surface area contributed by atoms with Crippen molar-refractivity contribution in [3.8, 4) is 45.0 Å². The van der Waals surface area contributed by atoms with Gasteiger partial charge >= 0.3 is 0 Å². The Morgan fingerprint density at radius 2 is 0.622 bits per heavy atom. The Balaban J connectivity index is 0.953. The van der Waals surface area contributed by atoms with Gasteiger partial charge in [-0.1, -0.05) is 151 Å². The summed E-state index contributed by atoms with van der Waals surface area (Å²) >= 11 is 0. The predicted molar refractivity (Wildman–Crippen MR) is 306 cm³/mol. The molecule has 0 aliphatic carbocycles. The topological polar surface area (TPSA) is 66.9 Å². The fourth-order valence-corrected chi connectivity index (χ4v) is 10.0. The maximum Gasteiger partial charge on any atom is 0.137 e. The van der Waals surface area contributed by atoms with E-state index in [0.717, 1.165) is 101 Å². The SMILES string of the molecule is CC(C)(C)c1ccc(C(C)(C)C)c2nc(-c3ccc(N(c4ccccc4)c4ccc(-c5cn6ccccc6n5)cc4)cc3)c(-c3ccc(N(c4ccccc4)c4ccc(-c5cn6ccccc6n5)cc4)cc3)nc12. The van der Waals surface area contributed by atoms with E-state index in [4.69, 9.17) is 19.9 Å². The van der Waals surface area contributed by atoms with E-state index in [-0.39, 0.29) is 10.8 Å². The number of benzene rings is 7. The molecule has 12 aromatic rings. The maximum absolute atomic E-state index is 5.71. The second kappa shape index (κ2) is 18.5. The summed E-state index contributed by atoms with van der Waals surface area (Å²) in [6.45, 7) is 13.6. The van der Waals surface area contributed by atoms with Crippen LogP contribution in [0.2, 0.25) is 0 Å². The van der Waals surface area contributed by atoms with E-state index in [1.54, 1.807) is 0 Å². The van der Waals surface area contributed by atoms with Crippen molar-refractivity contribution in [3.63, 3.8) is 0 Å². The van der Waals surface area contributed by atoms with E-state index in [1.165, 1.54) is 11.1 Å².